The Balaban J connectivity index is 3.31. The van der Waals surface area contributed by atoms with Crippen LogP contribution in [0.2, 0.25) is 0 Å². The number of rotatable bonds is 3. The van der Waals surface area contributed by atoms with Crippen LogP contribution in [0.25, 0.3) is 11.8 Å². The zero-order chi connectivity index (χ0) is 9.84. The largest absolute Gasteiger partial charge is 0.508 e. The molecule has 0 atom stereocenters. The van der Waals surface area contributed by atoms with E-state index in [0.29, 0.717) is 16.7 Å². The molecule has 0 saturated carbocycles. The quantitative estimate of drug-likeness (QED) is 0.565. The third kappa shape index (κ3) is 1.85. The number of aliphatic hydroxyl groups excluding tert-OH is 1. The summed E-state index contributed by atoms with van der Waals surface area (Å²) in [5.74, 6) is -0.0210. The molecule has 0 aromatic heterocycles. The van der Waals surface area contributed by atoms with Crippen molar-refractivity contribution >= 4 is 18.1 Å². The Morgan fingerprint density at radius 1 is 1.46 bits per heavy atom. The van der Waals surface area contributed by atoms with Crippen molar-refractivity contribution in [2.45, 2.75) is 0 Å². The molecule has 1 aromatic rings. The van der Waals surface area contributed by atoms with Gasteiger partial charge in [0.1, 0.15) is 12.0 Å². The molecule has 1 aromatic carbocycles. The Hall–Kier alpha value is -1.83. The van der Waals surface area contributed by atoms with E-state index in [2.05, 4.69) is 13.2 Å². The van der Waals surface area contributed by atoms with Crippen LogP contribution in [0.5, 0.6) is 0 Å². The summed E-state index contributed by atoms with van der Waals surface area (Å²) in [6.07, 6.45) is 2.32. The number of benzene rings is 1. The highest BCUT2D eigenvalue weighted by molar-refractivity contribution is 5.79. The van der Waals surface area contributed by atoms with Crippen LogP contribution in [0.1, 0.15) is 21.5 Å². The van der Waals surface area contributed by atoms with Gasteiger partial charge in [-0.2, -0.15) is 0 Å². The fourth-order valence-electron chi connectivity index (χ4n) is 1.09. The zero-order valence-corrected chi connectivity index (χ0v) is 7.16. The van der Waals surface area contributed by atoms with Crippen LogP contribution in [-0.4, -0.2) is 11.4 Å². The maximum absolute atomic E-state index is 10.4. The molecule has 0 unspecified atom stereocenters. The Morgan fingerprint density at radius 2 is 2.15 bits per heavy atom. The van der Waals surface area contributed by atoms with Gasteiger partial charge in [0, 0.05) is 11.1 Å². The molecule has 0 amide bonds. The number of hydrogen-bond acceptors (Lipinski definition) is 2. The first-order chi connectivity index (χ1) is 6.19. The lowest BCUT2D eigenvalue weighted by molar-refractivity contribution is 0.112. The molecule has 2 heteroatoms. The van der Waals surface area contributed by atoms with Gasteiger partial charge in [0.25, 0.3) is 0 Å². The molecule has 1 rings (SSSR count). The molecule has 1 N–H and O–H groups in total. The predicted molar refractivity (Wildman–Crippen MR) is 53.6 cm³/mol. The van der Waals surface area contributed by atoms with Gasteiger partial charge >= 0.3 is 0 Å². The highest BCUT2D eigenvalue weighted by Gasteiger charge is 2.02. The highest BCUT2D eigenvalue weighted by Crippen LogP contribution is 2.17. The Bertz CT molecular complexity index is 364. The molecule has 2 nitrogen and oxygen atoms in total. The molecule has 0 aliphatic heterocycles. The standard InChI is InChI=1S/C11H10O2/c1-3-10-6-9(7-12)4-5-11(10)8(2)13/h3-7,13H,1-2H2. The predicted octanol–water partition coefficient (Wildman–Crippen LogP) is 2.67. The highest BCUT2D eigenvalue weighted by atomic mass is 16.3. The second-order valence-electron chi connectivity index (χ2n) is 2.62. The first-order valence-corrected chi connectivity index (χ1v) is 3.79. The van der Waals surface area contributed by atoms with Gasteiger partial charge in [0.2, 0.25) is 0 Å². The van der Waals surface area contributed by atoms with Crippen molar-refractivity contribution < 1.29 is 9.90 Å². The summed E-state index contributed by atoms with van der Waals surface area (Å²) in [5, 5.41) is 9.17. The van der Waals surface area contributed by atoms with Gasteiger partial charge in [-0.05, 0) is 17.7 Å². The minimum Gasteiger partial charge on any atom is -0.508 e. The molecule has 0 aliphatic carbocycles. The van der Waals surface area contributed by atoms with Crippen molar-refractivity contribution in [3.8, 4) is 0 Å². The van der Waals surface area contributed by atoms with Crippen molar-refractivity contribution in [3.63, 3.8) is 0 Å². The monoisotopic (exact) mass is 174 g/mol. The third-order valence-electron chi connectivity index (χ3n) is 1.74. The van der Waals surface area contributed by atoms with E-state index in [4.69, 9.17) is 5.11 Å². The first-order valence-electron chi connectivity index (χ1n) is 3.79. The van der Waals surface area contributed by atoms with Gasteiger partial charge in [0.05, 0.1) is 0 Å². The average Bonchev–Trinajstić information content (AvgIpc) is 2.16. The van der Waals surface area contributed by atoms with Crippen LogP contribution in [0.3, 0.4) is 0 Å². The van der Waals surface area contributed by atoms with Crippen LogP contribution in [-0.2, 0) is 0 Å². The molecular formula is C11H10O2. The second kappa shape index (κ2) is 3.72. The fraction of sp³-hybridized carbons (Fsp3) is 0. The number of hydrogen-bond donors (Lipinski definition) is 1. The van der Waals surface area contributed by atoms with E-state index in [1.807, 2.05) is 0 Å². The number of carbonyl (C=O) groups excluding carboxylic acids is 1. The molecule has 13 heavy (non-hydrogen) atoms. The Labute approximate surface area is 76.8 Å². The number of aliphatic hydroxyl groups is 1. The van der Waals surface area contributed by atoms with Crippen LogP contribution >= 0.6 is 0 Å². The molecule has 66 valence electrons. The Morgan fingerprint density at radius 3 is 2.62 bits per heavy atom. The lowest BCUT2D eigenvalue weighted by atomic mass is 10.0. The van der Waals surface area contributed by atoms with Crippen molar-refractivity contribution in [1.29, 1.82) is 0 Å². The summed E-state index contributed by atoms with van der Waals surface area (Å²) in [5.41, 5.74) is 1.86. The third-order valence-corrected chi connectivity index (χ3v) is 1.74. The van der Waals surface area contributed by atoms with Gasteiger partial charge < -0.3 is 5.11 Å². The number of carbonyl (C=O) groups is 1. The average molecular weight is 174 g/mol. The van der Waals surface area contributed by atoms with Crippen molar-refractivity contribution in [2.75, 3.05) is 0 Å². The SMILES string of the molecule is C=Cc1cc(C=O)ccc1C(=C)O. The Kier molecular flexibility index (Phi) is 2.65. The van der Waals surface area contributed by atoms with Gasteiger partial charge in [-0.1, -0.05) is 25.3 Å². The molecule has 0 radical (unpaired) electrons. The topological polar surface area (TPSA) is 37.3 Å². The lowest BCUT2D eigenvalue weighted by Crippen LogP contribution is -1.89. The van der Waals surface area contributed by atoms with Crippen LogP contribution in [0.4, 0.5) is 0 Å². The summed E-state index contributed by atoms with van der Waals surface area (Å²) in [4.78, 5) is 10.4. The van der Waals surface area contributed by atoms with E-state index >= 15 is 0 Å². The summed E-state index contributed by atoms with van der Waals surface area (Å²) < 4.78 is 0. The van der Waals surface area contributed by atoms with Crippen LogP contribution in [0.15, 0.2) is 31.4 Å². The zero-order valence-electron chi connectivity index (χ0n) is 7.16. The minimum absolute atomic E-state index is 0.0210. The van der Waals surface area contributed by atoms with Crippen LogP contribution < -0.4 is 0 Å². The molecule has 0 heterocycles. The van der Waals surface area contributed by atoms with E-state index in [1.165, 1.54) is 0 Å². The molecular weight excluding hydrogens is 164 g/mol. The smallest absolute Gasteiger partial charge is 0.150 e. The van der Waals surface area contributed by atoms with E-state index in [-0.39, 0.29) is 5.76 Å². The molecule has 0 aliphatic rings. The summed E-state index contributed by atoms with van der Waals surface area (Å²) in [6, 6.07) is 4.91. The molecule has 0 fully saturated rings. The first kappa shape index (κ1) is 9.26. The van der Waals surface area contributed by atoms with Crippen LogP contribution in [0, 0.1) is 0 Å². The van der Waals surface area contributed by atoms with Crippen molar-refractivity contribution in [2.24, 2.45) is 0 Å². The molecule has 0 bridgehead atoms. The summed E-state index contributed by atoms with van der Waals surface area (Å²) in [6.45, 7) is 6.99. The summed E-state index contributed by atoms with van der Waals surface area (Å²) >= 11 is 0. The van der Waals surface area contributed by atoms with E-state index < -0.39 is 0 Å². The van der Waals surface area contributed by atoms with Crippen molar-refractivity contribution in [3.05, 3.63) is 48.0 Å². The molecule has 0 saturated heterocycles. The van der Waals surface area contributed by atoms with Crippen molar-refractivity contribution in [1.82, 2.24) is 0 Å². The van der Waals surface area contributed by atoms with Gasteiger partial charge in [0.15, 0.2) is 0 Å². The number of aldehydes is 1. The maximum atomic E-state index is 10.4. The van der Waals surface area contributed by atoms with Gasteiger partial charge in [-0.15, -0.1) is 0 Å². The summed E-state index contributed by atoms with van der Waals surface area (Å²) in [7, 11) is 0. The fourth-order valence-corrected chi connectivity index (χ4v) is 1.09. The lowest BCUT2D eigenvalue weighted by Gasteiger charge is -2.04. The maximum Gasteiger partial charge on any atom is 0.150 e. The second-order valence-corrected chi connectivity index (χ2v) is 2.62. The van der Waals surface area contributed by atoms with E-state index in [0.717, 1.165) is 6.29 Å². The normalized spacial score (nSPS) is 9.23. The minimum atomic E-state index is -0.0210. The van der Waals surface area contributed by atoms with Gasteiger partial charge in [-0.25, -0.2) is 0 Å². The van der Waals surface area contributed by atoms with Gasteiger partial charge in [-0.3, -0.25) is 4.79 Å². The van der Waals surface area contributed by atoms with E-state index in [9.17, 15) is 4.79 Å². The molecule has 0 spiro atoms. The van der Waals surface area contributed by atoms with E-state index in [1.54, 1.807) is 24.3 Å².